The highest BCUT2D eigenvalue weighted by molar-refractivity contribution is 6.30. The third-order valence-electron chi connectivity index (χ3n) is 2.56. The number of amides is 1. The lowest BCUT2D eigenvalue weighted by Gasteiger charge is -2.06. The van der Waals surface area contributed by atoms with Crippen molar-refractivity contribution >= 4 is 28.9 Å². The fraction of sp³-hybridized carbons (Fsp3) is 0.0714. The van der Waals surface area contributed by atoms with Gasteiger partial charge in [0.15, 0.2) is 0 Å². The molecule has 0 spiro atoms. The fourth-order valence-electron chi connectivity index (χ4n) is 1.61. The van der Waals surface area contributed by atoms with E-state index in [1.807, 2.05) is 0 Å². The van der Waals surface area contributed by atoms with E-state index in [0.29, 0.717) is 10.7 Å². The molecule has 0 aliphatic rings. The largest absolute Gasteiger partial charge is 0.396 e. The number of nitrogens with one attached hydrogen (secondary N) is 1. The molecule has 0 bridgehead atoms. The molecular formula is C14H12ClFN2O. The smallest absolute Gasteiger partial charge is 0.228 e. The van der Waals surface area contributed by atoms with Crippen LogP contribution < -0.4 is 11.1 Å². The van der Waals surface area contributed by atoms with Crippen LogP contribution in [0.3, 0.4) is 0 Å². The lowest BCUT2D eigenvalue weighted by atomic mass is 10.1. The topological polar surface area (TPSA) is 55.1 Å². The number of rotatable bonds is 3. The molecular weight excluding hydrogens is 267 g/mol. The fourth-order valence-corrected chi connectivity index (χ4v) is 1.74. The van der Waals surface area contributed by atoms with E-state index in [2.05, 4.69) is 5.32 Å². The van der Waals surface area contributed by atoms with Crippen molar-refractivity contribution in [2.75, 3.05) is 11.1 Å². The van der Waals surface area contributed by atoms with Crippen molar-refractivity contribution in [1.29, 1.82) is 0 Å². The molecule has 2 aromatic rings. The van der Waals surface area contributed by atoms with Gasteiger partial charge in [-0.1, -0.05) is 23.7 Å². The van der Waals surface area contributed by atoms with E-state index < -0.39 is 5.82 Å². The van der Waals surface area contributed by atoms with Gasteiger partial charge in [-0.05, 0) is 35.9 Å². The number of anilines is 2. The molecule has 0 aliphatic heterocycles. The first-order chi connectivity index (χ1) is 9.04. The molecule has 0 atom stereocenters. The highest BCUT2D eigenvalue weighted by atomic mass is 35.5. The summed E-state index contributed by atoms with van der Waals surface area (Å²) in [6, 6.07) is 11.1. The number of halogens is 2. The minimum atomic E-state index is -0.504. The van der Waals surface area contributed by atoms with E-state index in [0.717, 1.165) is 5.56 Å². The van der Waals surface area contributed by atoms with Crippen molar-refractivity contribution in [3.63, 3.8) is 0 Å². The molecule has 19 heavy (non-hydrogen) atoms. The number of hydrogen-bond acceptors (Lipinski definition) is 2. The van der Waals surface area contributed by atoms with Crippen LogP contribution in [0.5, 0.6) is 0 Å². The van der Waals surface area contributed by atoms with Gasteiger partial charge in [0.2, 0.25) is 5.91 Å². The summed E-state index contributed by atoms with van der Waals surface area (Å²) in [5.74, 6) is -0.705. The zero-order valence-corrected chi connectivity index (χ0v) is 10.7. The number of nitrogens with two attached hydrogens (primary N) is 1. The maximum Gasteiger partial charge on any atom is 0.228 e. The Balaban J connectivity index is 2.01. The van der Waals surface area contributed by atoms with Crippen LogP contribution in [0.1, 0.15) is 5.56 Å². The zero-order valence-electron chi connectivity index (χ0n) is 9.99. The van der Waals surface area contributed by atoms with Crippen molar-refractivity contribution in [1.82, 2.24) is 0 Å². The molecule has 98 valence electrons. The summed E-state index contributed by atoms with van der Waals surface area (Å²) >= 11 is 5.76. The lowest BCUT2D eigenvalue weighted by Crippen LogP contribution is -2.14. The molecule has 0 aromatic heterocycles. The molecule has 5 heteroatoms. The van der Waals surface area contributed by atoms with Crippen LogP contribution in [0.15, 0.2) is 42.5 Å². The molecule has 3 nitrogen and oxygen atoms in total. The van der Waals surface area contributed by atoms with Crippen LogP contribution in [-0.2, 0) is 11.2 Å². The normalized spacial score (nSPS) is 10.2. The summed E-state index contributed by atoms with van der Waals surface area (Å²) in [6.07, 6.45) is 0.217. The second-order valence-electron chi connectivity index (χ2n) is 4.09. The Labute approximate surface area is 115 Å². The summed E-state index contributed by atoms with van der Waals surface area (Å²) in [5.41, 5.74) is 6.74. The van der Waals surface area contributed by atoms with Crippen LogP contribution in [0.25, 0.3) is 0 Å². The predicted molar refractivity (Wildman–Crippen MR) is 74.6 cm³/mol. The molecule has 2 aromatic carbocycles. The Bertz CT molecular complexity index is 599. The monoisotopic (exact) mass is 278 g/mol. The highest BCUT2D eigenvalue weighted by Gasteiger charge is 2.06. The van der Waals surface area contributed by atoms with Crippen LogP contribution in [-0.4, -0.2) is 5.91 Å². The van der Waals surface area contributed by atoms with Gasteiger partial charge < -0.3 is 11.1 Å². The molecule has 0 radical (unpaired) electrons. The average Bonchev–Trinajstić information content (AvgIpc) is 2.37. The third kappa shape index (κ3) is 3.69. The highest BCUT2D eigenvalue weighted by Crippen LogP contribution is 2.17. The number of benzene rings is 2. The van der Waals surface area contributed by atoms with Gasteiger partial charge in [-0.3, -0.25) is 4.79 Å². The number of carbonyl (C=O) groups is 1. The molecule has 0 saturated carbocycles. The first-order valence-corrected chi connectivity index (χ1v) is 6.02. The van der Waals surface area contributed by atoms with E-state index in [-0.39, 0.29) is 18.0 Å². The Morgan fingerprint density at radius 3 is 2.53 bits per heavy atom. The predicted octanol–water partition coefficient (Wildman–Crippen LogP) is 3.24. The van der Waals surface area contributed by atoms with Gasteiger partial charge in [0.25, 0.3) is 0 Å². The van der Waals surface area contributed by atoms with Crippen LogP contribution in [0.4, 0.5) is 15.8 Å². The maximum absolute atomic E-state index is 13.0. The summed E-state index contributed by atoms with van der Waals surface area (Å²) in [5, 5.41) is 3.28. The van der Waals surface area contributed by atoms with E-state index in [1.54, 1.807) is 24.3 Å². The van der Waals surface area contributed by atoms with Gasteiger partial charge in [-0.2, -0.15) is 0 Å². The molecule has 2 rings (SSSR count). The molecule has 1 amide bonds. The SMILES string of the molecule is Nc1cc(NC(=O)Cc2ccc(Cl)cc2)ccc1F. The first kappa shape index (κ1) is 13.4. The molecule has 0 aliphatic carbocycles. The second kappa shape index (κ2) is 5.71. The van der Waals surface area contributed by atoms with E-state index in [9.17, 15) is 9.18 Å². The van der Waals surface area contributed by atoms with Gasteiger partial charge >= 0.3 is 0 Å². The first-order valence-electron chi connectivity index (χ1n) is 5.64. The number of carbonyl (C=O) groups excluding carboxylic acids is 1. The van der Waals surface area contributed by atoms with Crippen molar-refractivity contribution in [3.8, 4) is 0 Å². The summed E-state index contributed by atoms with van der Waals surface area (Å²) in [6.45, 7) is 0. The molecule has 0 fully saturated rings. The summed E-state index contributed by atoms with van der Waals surface area (Å²) in [4.78, 5) is 11.8. The van der Waals surface area contributed by atoms with Gasteiger partial charge in [-0.25, -0.2) is 4.39 Å². The van der Waals surface area contributed by atoms with Crippen LogP contribution in [0.2, 0.25) is 5.02 Å². The van der Waals surface area contributed by atoms with Gasteiger partial charge in [-0.15, -0.1) is 0 Å². The zero-order chi connectivity index (χ0) is 13.8. The average molecular weight is 279 g/mol. The quantitative estimate of drug-likeness (QED) is 0.847. The summed E-state index contributed by atoms with van der Waals surface area (Å²) in [7, 11) is 0. The van der Waals surface area contributed by atoms with Gasteiger partial charge in [0.05, 0.1) is 12.1 Å². The Kier molecular flexibility index (Phi) is 4.02. The Morgan fingerprint density at radius 1 is 1.21 bits per heavy atom. The van der Waals surface area contributed by atoms with Crippen molar-refractivity contribution in [3.05, 3.63) is 58.9 Å². The molecule has 3 N–H and O–H groups in total. The van der Waals surface area contributed by atoms with Crippen molar-refractivity contribution in [2.45, 2.75) is 6.42 Å². The van der Waals surface area contributed by atoms with E-state index in [1.165, 1.54) is 18.2 Å². The number of nitrogen functional groups attached to an aromatic ring is 1. The van der Waals surface area contributed by atoms with Gasteiger partial charge in [0.1, 0.15) is 5.82 Å². The van der Waals surface area contributed by atoms with E-state index >= 15 is 0 Å². The molecule has 0 heterocycles. The van der Waals surface area contributed by atoms with Crippen LogP contribution >= 0.6 is 11.6 Å². The van der Waals surface area contributed by atoms with Crippen molar-refractivity contribution in [2.24, 2.45) is 0 Å². The Hall–Kier alpha value is -2.07. The minimum Gasteiger partial charge on any atom is -0.396 e. The third-order valence-corrected chi connectivity index (χ3v) is 2.81. The molecule has 0 saturated heterocycles. The van der Waals surface area contributed by atoms with Crippen molar-refractivity contribution < 1.29 is 9.18 Å². The standard InChI is InChI=1S/C14H12ClFN2O/c15-10-3-1-9(2-4-10)7-14(19)18-11-5-6-12(16)13(17)8-11/h1-6,8H,7,17H2,(H,18,19). The second-order valence-corrected chi connectivity index (χ2v) is 4.52. The van der Waals surface area contributed by atoms with Gasteiger partial charge in [0, 0.05) is 10.7 Å². The van der Waals surface area contributed by atoms with Crippen LogP contribution in [0, 0.1) is 5.82 Å². The molecule has 0 unspecified atom stereocenters. The lowest BCUT2D eigenvalue weighted by molar-refractivity contribution is -0.115. The number of hydrogen-bond donors (Lipinski definition) is 2. The minimum absolute atomic E-state index is 0.00397. The Morgan fingerprint density at radius 2 is 1.89 bits per heavy atom. The summed E-state index contributed by atoms with van der Waals surface area (Å²) < 4.78 is 13.0. The van der Waals surface area contributed by atoms with E-state index in [4.69, 9.17) is 17.3 Å². The maximum atomic E-state index is 13.0.